The van der Waals surface area contributed by atoms with E-state index in [9.17, 15) is 4.79 Å². The van der Waals surface area contributed by atoms with E-state index in [4.69, 9.17) is 13.7 Å². The Morgan fingerprint density at radius 3 is 2.94 bits per heavy atom. The summed E-state index contributed by atoms with van der Waals surface area (Å²) >= 11 is 0. The van der Waals surface area contributed by atoms with Crippen LogP contribution in [0.3, 0.4) is 0 Å². The molecular weight excluding hydrogens is 212 g/mol. The molecule has 2 aromatic heterocycles. The van der Waals surface area contributed by atoms with Crippen molar-refractivity contribution in [2.45, 2.75) is 13.8 Å². The first-order valence-corrected chi connectivity index (χ1v) is 4.78. The van der Waals surface area contributed by atoms with Crippen molar-refractivity contribution in [3.63, 3.8) is 0 Å². The van der Waals surface area contributed by atoms with Crippen molar-refractivity contribution in [2.24, 2.45) is 0 Å². The van der Waals surface area contributed by atoms with Crippen LogP contribution in [0, 0.1) is 6.92 Å². The third-order valence-electron chi connectivity index (χ3n) is 1.84. The Balaban J connectivity index is 2.22. The largest absolute Gasteiger partial charge is 0.460 e. The van der Waals surface area contributed by atoms with Gasteiger partial charge in [-0.3, -0.25) is 0 Å². The summed E-state index contributed by atoms with van der Waals surface area (Å²) in [5.41, 5.74) is 0. The minimum Gasteiger partial charge on any atom is -0.460 e. The highest BCUT2D eigenvalue weighted by Gasteiger charge is 2.18. The summed E-state index contributed by atoms with van der Waals surface area (Å²) in [7, 11) is 0. The fourth-order valence-electron chi connectivity index (χ4n) is 1.15. The highest BCUT2D eigenvalue weighted by atomic mass is 16.5. The van der Waals surface area contributed by atoms with Gasteiger partial charge in [0.05, 0.1) is 6.61 Å². The molecule has 0 radical (unpaired) electrons. The van der Waals surface area contributed by atoms with Gasteiger partial charge in [0, 0.05) is 0 Å². The first kappa shape index (κ1) is 10.4. The van der Waals surface area contributed by atoms with Gasteiger partial charge in [0.25, 0.3) is 11.7 Å². The van der Waals surface area contributed by atoms with E-state index in [0.29, 0.717) is 5.76 Å². The predicted octanol–water partition coefficient (Wildman–Crippen LogP) is 1.81. The highest BCUT2D eigenvalue weighted by molar-refractivity contribution is 5.85. The van der Waals surface area contributed by atoms with Crippen molar-refractivity contribution in [1.29, 1.82) is 0 Å². The molecule has 0 aliphatic heterocycles. The van der Waals surface area contributed by atoms with Crippen molar-refractivity contribution >= 4 is 5.97 Å². The van der Waals surface area contributed by atoms with Gasteiger partial charge in [0.2, 0.25) is 0 Å². The smallest absolute Gasteiger partial charge is 0.379 e. The van der Waals surface area contributed by atoms with Gasteiger partial charge >= 0.3 is 5.97 Å². The molecule has 0 saturated heterocycles. The number of carbonyl (C=O) groups excluding carboxylic acids is 1. The summed E-state index contributed by atoms with van der Waals surface area (Å²) in [4.78, 5) is 15.1. The molecule has 0 bridgehead atoms. The fraction of sp³-hybridized carbons (Fsp3) is 0.300. The van der Waals surface area contributed by atoms with E-state index in [1.54, 1.807) is 26.0 Å². The number of aromatic nitrogens is 2. The average molecular weight is 222 g/mol. The maximum Gasteiger partial charge on any atom is 0.379 e. The fourth-order valence-corrected chi connectivity index (χ4v) is 1.15. The molecule has 0 unspecified atom stereocenters. The quantitative estimate of drug-likeness (QED) is 0.737. The second-order valence-electron chi connectivity index (χ2n) is 3.05. The lowest BCUT2D eigenvalue weighted by molar-refractivity contribution is 0.0508. The Bertz CT molecular complexity index is 500. The van der Waals surface area contributed by atoms with Gasteiger partial charge in [-0.2, -0.15) is 4.98 Å². The number of hydrogen-bond acceptors (Lipinski definition) is 6. The van der Waals surface area contributed by atoms with Crippen LogP contribution in [0.1, 0.15) is 23.3 Å². The number of aryl methyl sites for hydroxylation is 1. The monoisotopic (exact) mass is 222 g/mol. The van der Waals surface area contributed by atoms with Crippen LogP contribution in [-0.2, 0) is 4.74 Å². The molecule has 2 rings (SSSR count). The second-order valence-corrected chi connectivity index (χ2v) is 3.05. The molecular formula is C10H10N2O4. The molecule has 0 saturated carbocycles. The normalized spacial score (nSPS) is 10.4. The number of nitrogens with zero attached hydrogens (tertiary/aromatic N) is 2. The van der Waals surface area contributed by atoms with Gasteiger partial charge in [0.1, 0.15) is 5.76 Å². The first-order chi connectivity index (χ1) is 7.70. The topological polar surface area (TPSA) is 78.4 Å². The molecule has 0 aromatic carbocycles. The van der Waals surface area contributed by atoms with E-state index >= 15 is 0 Å². The molecule has 0 atom stereocenters. The summed E-state index contributed by atoms with van der Waals surface area (Å²) in [6, 6.07) is 3.46. The van der Waals surface area contributed by atoms with Gasteiger partial charge in [-0.05, 0) is 31.1 Å². The summed E-state index contributed by atoms with van der Waals surface area (Å²) in [6.45, 7) is 3.77. The van der Waals surface area contributed by atoms with Crippen LogP contribution in [0.25, 0.3) is 11.7 Å². The number of rotatable bonds is 3. The molecule has 0 amide bonds. The summed E-state index contributed by atoms with van der Waals surface area (Å²) in [5.74, 6) is 0.606. The van der Waals surface area contributed by atoms with Gasteiger partial charge in [-0.15, -0.1) is 0 Å². The van der Waals surface area contributed by atoms with Crippen molar-refractivity contribution in [1.82, 2.24) is 10.1 Å². The molecule has 6 heteroatoms. The highest BCUT2D eigenvalue weighted by Crippen LogP contribution is 2.19. The minimum absolute atomic E-state index is 0.106. The second kappa shape index (κ2) is 4.18. The standard InChI is InChI=1S/C10H10N2O4/c1-3-14-10(13)8-11-9(16-12-8)7-5-4-6(2)15-7/h4-5H,3H2,1-2H3. The SMILES string of the molecule is CCOC(=O)c1noc(-c2ccc(C)o2)n1. The number of esters is 1. The summed E-state index contributed by atoms with van der Waals surface area (Å²) in [5, 5.41) is 3.50. The van der Waals surface area contributed by atoms with Gasteiger partial charge in [-0.1, -0.05) is 0 Å². The molecule has 0 aliphatic rings. The molecule has 6 nitrogen and oxygen atoms in total. The van der Waals surface area contributed by atoms with E-state index in [1.807, 2.05) is 0 Å². The molecule has 0 fully saturated rings. The van der Waals surface area contributed by atoms with E-state index in [2.05, 4.69) is 10.1 Å². The van der Waals surface area contributed by atoms with Crippen LogP contribution in [0.2, 0.25) is 0 Å². The Morgan fingerprint density at radius 1 is 1.50 bits per heavy atom. The lowest BCUT2D eigenvalue weighted by atomic mass is 10.4. The zero-order valence-corrected chi connectivity index (χ0v) is 8.89. The number of carbonyl (C=O) groups is 1. The van der Waals surface area contributed by atoms with Crippen molar-refractivity contribution < 1.29 is 18.5 Å². The van der Waals surface area contributed by atoms with Crippen molar-refractivity contribution in [2.75, 3.05) is 6.61 Å². The van der Waals surface area contributed by atoms with E-state index in [-0.39, 0.29) is 18.3 Å². The third-order valence-corrected chi connectivity index (χ3v) is 1.84. The molecule has 84 valence electrons. The van der Waals surface area contributed by atoms with Crippen LogP contribution in [0.5, 0.6) is 0 Å². The zero-order valence-electron chi connectivity index (χ0n) is 8.89. The maximum absolute atomic E-state index is 11.3. The van der Waals surface area contributed by atoms with Crippen LogP contribution in [-0.4, -0.2) is 22.7 Å². The Morgan fingerprint density at radius 2 is 2.31 bits per heavy atom. The van der Waals surface area contributed by atoms with Crippen LogP contribution >= 0.6 is 0 Å². The Kier molecular flexibility index (Phi) is 2.72. The first-order valence-electron chi connectivity index (χ1n) is 4.78. The van der Waals surface area contributed by atoms with E-state index in [0.717, 1.165) is 5.76 Å². The lowest BCUT2D eigenvalue weighted by Crippen LogP contribution is -2.06. The molecule has 0 aliphatic carbocycles. The summed E-state index contributed by atoms with van der Waals surface area (Å²) < 4.78 is 14.9. The lowest BCUT2D eigenvalue weighted by Gasteiger charge is -1.93. The van der Waals surface area contributed by atoms with Crippen LogP contribution in [0.15, 0.2) is 21.1 Å². The average Bonchev–Trinajstić information content (AvgIpc) is 2.85. The Labute approximate surface area is 91.2 Å². The Hall–Kier alpha value is -2.11. The molecule has 16 heavy (non-hydrogen) atoms. The zero-order chi connectivity index (χ0) is 11.5. The minimum atomic E-state index is -0.610. The molecule has 2 aromatic rings. The maximum atomic E-state index is 11.3. The van der Waals surface area contributed by atoms with Crippen LogP contribution < -0.4 is 0 Å². The molecule has 0 N–H and O–H groups in total. The number of furan rings is 1. The van der Waals surface area contributed by atoms with Gasteiger partial charge < -0.3 is 13.7 Å². The van der Waals surface area contributed by atoms with Crippen molar-refractivity contribution in [3.05, 3.63) is 23.7 Å². The van der Waals surface area contributed by atoms with Crippen LogP contribution in [0.4, 0.5) is 0 Å². The van der Waals surface area contributed by atoms with Crippen molar-refractivity contribution in [3.8, 4) is 11.7 Å². The number of ether oxygens (including phenoxy) is 1. The molecule has 2 heterocycles. The third kappa shape index (κ3) is 1.95. The predicted molar refractivity (Wildman–Crippen MR) is 52.7 cm³/mol. The number of hydrogen-bond donors (Lipinski definition) is 0. The summed E-state index contributed by atoms with van der Waals surface area (Å²) in [6.07, 6.45) is 0. The van der Waals surface area contributed by atoms with E-state index < -0.39 is 5.97 Å². The van der Waals surface area contributed by atoms with Gasteiger partial charge in [-0.25, -0.2) is 4.79 Å². The molecule has 0 spiro atoms. The van der Waals surface area contributed by atoms with E-state index in [1.165, 1.54) is 0 Å². The van der Waals surface area contributed by atoms with Gasteiger partial charge in [0.15, 0.2) is 5.76 Å².